The number of epoxide rings is 1. The van der Waals surface area contributed by atoms with Crippen LogP contribution < -0.4 is 0 Å². The molecule has 0 amide bonds. The van der Waals surface area contributed by atoms with Crippen LogP contribution in [0.1, 0.15) is 155 Å². The molecule has 5 atom stereocenters. The normalized spacial score (nSPS) is 17.9. The summed E-state index contributed by atoms with van der Waals surface area (Å²) in [5, 5.41) is 9.75. The predicted octanol–water partition coefficient (Wildman–Crippen LogP) is 10.8. The van der Waals surface area contributed by atoms with Gasteiger partial charge < -0.3 is 34.0 Å². The van der Waals surface area contributed by atoms with Crippen molar-refractivity contribution in [2.24, 2.45) is 0 Å². The Morgan fingerprint density at radius 2 is 1.08 bits per heavy atom. The zero-order valence-corrected chi connectivity index (χ0v) is 39.2. The molecule has 0 bridgehead atoms. The van der Waals surface area contributed by atoms with Crippen LogP contribution in [-0.4, -0.2) is 82.6 Å². The summed E-state index contributed by atoms with van der Waals surface area (Å²) in [6, 6.07) is 0. The first-order valence-corrected chi connectivity index (χ1v) is 25.8. The lowest BCUT2D eigenvalue weighted by Crippen LogP contribution is -2.29. The van der Waals surface area contributed by atoms with E-state index in [0.717, 1.165) is 70.6 Å². The van der Waals surface area contributed by atoms with Crippen molar-refractivity contribution in [1.29, 1.82) is 0 Å². The van der Waals surface area contributed by atoms with Crippen LogP contribution in [0.5, 0.6) is 0 Å². The van der Waals surface area contributed by atoms with E-state index >= 15 is 0 Å². The molecule has 16 heteroatoms. The fourth-order valence-corrected chi connectivity index (χ4v) is 7.08. The number of phosphoric acid groups is 2. The van der Waals surface area contributed by atoms with Gasteiger partial charge in [0.1, 0.15) is 12.7 Å². The summed E-state index contributed by atoms with van der Waals surface area (Å²) >= 11 is 0. The Balaban J connectivity index is 2.40. The minimum absolute atomic E-state index is 0.0626. The maximum absolute atomic E-state index is 12.7. The minimum atomic E-state index is -4.88. The smallest absolute Gasteiger partial charge is 0.462 e. The van der Waals surface area contributed by atoms with Crippen molar-refractivity contribution in [3.05, 3.63) is 72.9 Å². The van der Waals surface area contributed by atoms with Crippen LogP contribution in [0, 0.1) is 0 Å². The third kappa shape index (κ3) is 38.0. The molecule has 1 saturated heterocycles. The second kappa shape index (κ2) is 37.9. The SMILES string of the molecule is CCCCC/C=C\C/C=C\C/C=C\C/C=C\C/C=C\CCC(=O)OC[C@H](COP(=O)(O)OC[C@@H](O)COP(=O)(O)O)OC(=O)CCCCCCC/C=C\CC1OC1CCCCC. The molecule has 0 aliphatic carbocycles. The molecule has 1 heterocycles. The lowest BCUT2D eigenvalue weighted by Gasteiger charge is -2.20. The van der Waals surface area contributed by atoms with Gasteiger partial charge in [-0.1, -0.05) is 138 Å². The number of hydrogen-bond donors (Lipinski definition) is 4. The standard InChI is InChI=1S/C46H78O14P2/c1-3-5-7-8-9-10-11-12-13-14-15-16-17-18-19-20-24-27-31-35-45(48)55-39-42(40-58-62(53,54)57-38-41(47)37-56-61(50,51)52)59-46(49)36-32-28-25-22-21-23-26-30-34-44-43(60-44)33-29-6-4-2/h9-10,12-13,15-16,18-19,24,26-27,30,41-44,47H,3-8,11,14,17,20-23,25,28-29,31-40H2,1-2H3,(H,53,54)(H2,50,51,52)/b10-9-,13-12-,16-15-,19-18-,27-24-,30-26-/t41-,42+,43?,44?/m0/s1. The van der Waals surface area contributed by atoms with E-state index in [9.17, 15) is 28.7 Å². The maximum atomic E-state index is 12.7. The Labute approximate surface area is 371 Å². The number of aliphatic hydroxyl groups is 1. The molecule has 1 fully saturated rings. The summed E-state index contributed by atoms with van der Waals surface area (Å²) in [4.78, 5) is 52.7. The first-order valence-electron chi connectivity index (χ1n) is 22.8. The highest BCUT2D eigenvalue weighted by Gasteiger charge is 2.36. The summed E-state index contributed by atoms with van der Waals surface area (Å²) in [6.07, 6.45) is 43.6. The summed E-state index contributed by atoms with van der Waals surface area (Å²) in [5.41, 5.74) is 0. The highest BCUT2D eigenvalue weighted by Crippen LogP contribution is 2.44. The van der Waals surface area contributed by atoms with Gasteiger partial charge in [-0.15, -0.1) is 0 Å². The largest absolute Gasteiger partial charge is 0.472 e. The van der Waals surface area contributed by atoms with Crippen LogP contribution >= 0.6 is 15.6 Å². The molecule has 4 N–H and O–H groups in total. The number of carbonyl (C=O) groups excluding carboxylic acids is 2. The van der Waals surface area contributed by atoms with Crippen LogP contribution in [0.25, 0.3) is 0 Å². The summed E-state index contributed by atoms with van der Waals surface area (Å²) < 4.78 is 53.5. The van der Waals surface area contributed by atoms with Crippen molar-refractivity contribution in [3.63, 3.8) is 0 Å². The summed E-state index contributed by atoms with van der Waals surface area (Å²) in [5.74, 6) is -1.15. The topological polar surface area (TPSA) is 208 Å². The molecule has 62 heavy (non-hydrogen) atoms. The molecule has 0 aromatic heterocycles. The van der Waals surface area contributed by atoms with Gasteiger partial charge in [0.2, 0.25) is 0 Å². The molecular weight excluding hydrogens is 838 g/mol. The van der Waals surface area contributed by atoms with E-state index in [0.29, 0.717) is 31.5 Å². The van der Waals surface area contributed by atoms with Gasteiger partial charge in [0, 0.05) is 12.8 Å². The molecule has 0 saturated carbocycles. The molecule has 0 radical (unpaired) electrons. The third-order valence-electron chi connectivity index (χ3n) is 9.50. The number of unbranched alkanes of at least 4 members (excludes halogenated alkanes) is 10. The van der Waals surface area contributed by atoms with E-state index in [1.165, 1.54) is 38.5 Å². The monoisotopic (exact) mass is 916 g/mol. The Bertz CT molecular complexity index is 1440. The molecule has 0 aromatic rings. The first-order chi connectivity index (χ1) is 29.8. The molecule has 14 nitrogen and oxygen atoms in total. The van der Waals surface area contributed by atoms with Gasteiger partial charge in [0.15, 0.2) is 6.10 Å². The van der Waals surface area contributed by atoms with Crippen molar-refractivity contribution < 1.29 is 66.3 Å². The predicted molar refractivity (Wildman–Crippen MR) is 243 cm³/mol. The lowest BCUT2D eigenvalue weighted by atomic mass is 10.1. The Hall–Kier alpha value is -2.48. The maximum Gasteiger partial charge on any atom is 0.472 e. The van der Waals surface area contributed by atoms with Gasteiger partial charge in [-0.2, -0.15) is 0 Å². The number of aliphatic hydroxyl groups excluding tert-OH is 1. The molecule has 0 spiro atoms. The van der Waals surface area contributed by atoms with Crippen molar-refractivity contribution in [3.8, 4) is 0 Å². The number of ether oxygens (including phenoxy) is 3. The van der Waals surface area contributed by atoms with Gasteiger partial charge in [-0.05, 0) is 77.0 Å². The van der Waals surface area contributed by atoms with Crippen molar-refractivity contribution in [2.75, 3.05) is 26.4 Å². The van der Waals surface area contributed by atoms with Gasteiger partial charge in [-0.25, -0.2) is 9.13 Å². The van der Waals surface area contributed by atoms with Crippen LogP contribution in [-0.2, 0) is 46.5 Å². The van der Waals surface area contributed by atoms with E-state index in [4.69, 9.17) is 28.5 Å². The molecular formula is C46H78O14P2. The van der Waals surface area contributed by atoms with E-state index < -0.39 is 66.2 Å². The number of phosphoric ester groups is 2. The molecule has 3 unspecified atom stereocenters. The highest BCUT2D eigenvalue weighted by atomic mass is 31.2. The van der Waals surface area contributed by atoms with Gasteiger partial charge in [0.05, 0.1) is 32.0 Å². The fourth-order valence-electron chi connectivity index (χ4n) is 5.92. The van der Waals surface area contributed by atoms with Crippen LogP contribution in [0.2, 0.25) is 0 Å². The number of carbonyl (C=O) groups is 2. The fraction of sp³-hybridized carbons (Fsp3) is 0.696. The van der Waals surface area contributed by atoms with E-state index in [2.05, 4.69) is 77.6 Å². The number of rotatable bonds is 41. The Kier molecular flexibility index (Phi) is 35.1. The van der Waals surface area contributed by atoms with Crippen molar-refractivity contribution in [2.45, 2.75) is 180 Å². The Morgan fingerprint density at radius 1 is 0.565 bits per heavy atom. The zero-order chi connectivity index (χ0) is 45.6. The molecule has 1 aliphatic heterocycles. The van der Waals surface area contributed by atoms with Crippen LogP contribution in [0.3, 0.4) is 0 Å². The van der Waals surface area contributed by atoms with E-state index in [1.807, 2.05) is 18.2 Å². The quantitative estimate of drug-likeness (QED) is 0.0148. The first kappa shape index (κ1) is 57.5. The Morgan fingerprint density at radius 3 is 1.71 bits per heavy atom. The van der Waals surface area contributed by atoms with E-state index in [-0.39, 0.29) is 12.8 Å². The lowest BCUT2D eigenvalue weighted by molar-refractivity contribution is -0.161. The van der Waals surface area contributed by atoms with Crippen LogP contribution in [0.4, 0.5) is 0 Å². The van der Waals surface area contributed by atoms with E-state index in [1.54, 1.807) is 0 Å². The molecule has 0 aromatic carbocycles. The van der Waals surface area contributed by atoms with Crippen molar-refractivity contribution >= 4 is 27.6 Å². The third-order valence-corrected chi connectivity index (χ3v) is 10.9. The average Bonchev–Trinajstić information content (AvgIpc) is 3.99. The van der Waals surface area contributed by atoms with Crippen LogP contribution in [0.15, 0.2) is 72.9 Å². The minimum Gasteiger partial charge on any atom is -0.462 e. The summed E-state index contributed by atoms with van der Waals surface area (Å²) in [7, 11) is -9.71. The number of esters is 2. The molecule has 356 valence electrons. The van der Waals surface area contributed by atoms with Crippen molar-refractivity contribution in [1.82, 2.24) is 0 Å². The number of hydrogen-bond acceptors (Lipinski definition) is 11. The zero-order valence-electron chi connectivity index (χ0n) is 37.4. The second-order valence-corrected chi connectivity index (χ2v) is 18.0. The highest BCUT2D eigenvalue weighted by molar-refractivity contribution is 7.47. The average molecular weight is 917 g/mol. The molecule has 1 aliphatic rings. The summed E-state index contributed by atoms with van der Waals surface area (Å²) in [6.45, 7) is 1.59. The number of allylic oxidation sites excluding steroid dienone is 11. The van der Waals surface area contributed by atoms with Gasteiger partial charge in [0.25, 0.3) is 0 Å². The van der Waals surface area contributed by atoms with Gasteiger partial charge in [-0.3, -0.25) is 23.2 Å². The molecule has 1 rings (SSSR count). The van der Waals surface area contributed by atoms with Gasteiger partial charge >= 0.3 is 27.6 Å². The second-order valence-electron chi connectivity index (χ2n) is 15.4.